The number of piperidine rings is 1. The van der Waals surface area contributed by atoms with E-state index in [4.69, 9.17) is 5.11 Å². The smallest absolute Gasteiger partial charge is 0.335 e. The molecule has 1 aromatic rings. The van der Waals surface area contributed by atoms with Crippen molar-refractivity contribution >= 4 is 31.9 Å². The number of benzene rings is 1. The molecule has 0 bridgehead atoms. The van der Waals surface area contributed by atoms with Crippen LogP contribution in [0.5, 0.6) is 0 Å². The molecule has 6 nitrogen and oxygen atoms in total. The molecule has 1 atom stereocenters. The minimum atomic E-state index is -3.67. The molecular formula is C14H19BrN2O4S. The quantitative estimate of drug-likeness (QED) is 0.848. The van der Waals surface area contributed by atoms with Crippen LogP contribution in [-0.4, -0.2) is 61.9 Å². The molecule has 122 valence electrons. The molecule has 8 heteroatoms. The normalized spacial score (nSPS) is 20.3. The highest BCUT2D eigenvalue weighted by Gasteiger charge is 2.31. The van der Waals surface area contributed by atoms with E-state index in [-0.39, 0.29) is 21.0 Å². The van der Waals surface area contributed by atoms with Crippen LogP contribution >= 0.6 is 15.9 Å². The average Bonchev–Trinajstić information content (AvgIpc) is 2.45. The molecule has 1 N–H and O–H groups in total. The van der Waals surface area contributed by atoms with Gasteiger partial charge in [-0.2, -0.15) is 4.31 Å². The maximum atomic E-state index is 12.8. The standard InChI is InChI=1S/C14H19BrN2O4S/c1-16-7-3-4-11(9-16)17(2)22(20,21)13-6-5-10(14(18)19)8-12(13)15/h5-6,8,11H,3-4,7,9H2,1-2H3,(H,18,19)/t11-/m1/s1. The number of sulfonamides is 1. The monoisotopic (exact) mass is 390 g/mol. The summed E-state index contributed by atoms with van der Waals surface area (Å²) in [5.41, 5.74) is 0.0471. The van der Waals surface area contributed by atoms with Crippen molar-refractivity contribution in [3.8, 4) is 0 Å². The first kappa shape index (κ1) is 17.4. The Morgan fingerprint density at radius 2 is 2.14 bits per heavy atom. The van der Waals surface area contributed by atoms with Crippen molar-refractivity contribution in [1.29, 1.82) is 0 Å². The van der Waals surface area contributed by atoms with Gasteiger partial charge in [-0.15, -0.1) is 0 Å². The predicted molar refractivity (Wildman–Crippen MR) is 86.6 cm³/mol. The number of rotatable bonds is 4. The van der Waals surface area contributed by atoms with E-state index >= 15 is 0 Å². The van der Waals surface area contributed by atoms with Crippen molar-refractivity contribution in [3.05, 3.63) is 28.2 Å². The van der Waals surface area contributed by atoms with E-state index < -0.39 is 16.0 Å². The molecule has 1 aliphatic rings. The van der Waals surface area contributed by atoms with Crippen LogP contribution in [0.4, 0.5) is 0 Å². The van der Waals surface area contributed by atoms with Crippen molar-refractivity contribution in [2.75, 3.05) is 27.2 Å². The second-order valence-electron chi connectivity index (χ2n) is 5.53. The Morgan fingerprint density at radius 1 is 1.45 bits per heavy atom. The molecule has 0 saturated carbocycles. The van der Waals surface area contributed by atoms with Crippen molar-refractivity contribution in [1.82, 2.24) is 9.21 Å². The molecule has 1 saturated heterocycles. The van der Waals surface area contributed by atoms with Gasteiger partial charge in [0, 0.05) is 24.1 Å². The fraction of sp³-hybridized carbons (Fsp3) is 0.500. The van der Waals surface area contributed by atoms with Crippen LogP contribution in [0.15, 0.2) is 27.6 Å². The van der Waals surface area contributed by atoms with Crippen LogP contribution in [0.1, 0.15) is 23.2 Å². The highest BCUT2D eigenvalue weighted by atomic mass is 79.9. The molecule has 22 heavy (non-hydrogen) atoms. The highest BCUT2D eigenvalue weighted by Crippen LogP contribution is 2.28. The Bertz CT molecular complexity index is 677. The van der Waals surface area contributed by atoms with Crippen LogP contribution in [-0.2, 0) is 10.0 Å². The van der Waals surface area contributed by atoms with Gasteiger partial charge in [0.2, 0.25) is 10.0 Å². The number of aromatic carboxylic acids is 1. The van der Waals surface area contributed by atoms with Crippen molar-refractivity contribution in [3.63, 3.8) is 0 Å². The third-order valence-electron chi connectivity index (χ3n) is 3.95. The number of likely N-dealkylation sites (tertiary alicyclic amines) is 1. The number of likely N-dealkylation sites (N-methyl/N-ethyl adjacent to an activating group) is 2. The third kappa shape index (κ3) is 3.51. The minimum Gasteiger partial charge on any atom is -0.478 e. The summed E-state index contributed by atoms with van der Waals surface area (Å²) < 4.78 is 27.2. The maximum Gasteiger partial charge on any atom is 0.335 e. The summed E-state index contributed by atoms with van der Waals surface area (Å²) in [7, 11) is -0.112. The van der Waals surface area contributed by atoms with E-state index in [1.54, 1.807) is 7.05 Å². The summed E-state index contributed by atoms with van der Waals surface area (Å²) >= 11 is 3.18. The lowest BCUT2D eigenvalue weighted by Crippen LogP contribution is -2.47. The molecule has 1 fully saturated rings. The van der Waals surface area contributed by atoms with Crippen LogP contribution in [0, 0.1) is 0 Å². The predicted octanol–water partition coefficient (Wildman–Crippen LogP) is 1.86. The Hall–Kier alpha value is -0.960. The lowest BCUT2D eigenvalue weighted by molar-refractivity contribution is 0.0696. The second-order valence-corrected chi connectivity index (χ2v) is 8.35. The summed E-state index contributed by atoms with van der Waals surface area (Å²) in [5.74, 6) is -1.09. The summed E-state index contributed by atoms with van der Waals surface area (Å²) in [6, 6.07) is 3.89. The zero-order valence-corrected chi connectivity index (χ0v) is 14.9. The number of hydrogen-bond acceptors (Lipinski definition) is 4. The van der Waals surface area contributed by atoms with Gasteiger partial charge in [0.15, 0.2) is 0 Å². The molecule has 0 spiro atoms. The summed E-state index contributed by atoms with van der Waals surface area (Å²) in [4.78, 5) is 13.2. The molecule has 0 unspecified atom stereocenters. The number of carboxylic acid groups (broad SMARTS) is 1. The van der Waals surface area contributed by atoms with Gasteiger partial charge in [-0.25, -0.2) is 13.2 Å². The minimum absolute atomic E-state index is 0.0471. The summed E-state index contributed by atoms with van der Waals surface area (Å²) in [6.07, 6.45) is 1.78. The van der Waals surface area contributed by atoms with Gasteiger partial charge < -0.3 is 10.0 Å². The molecule has 0 aliphatic carbocycles. The van der Waals surface area contributed by atoms with Crippen LogP contribution in [0.3, 0.4) is 0 Å². The highest BCUT2D eigenvalue weighted by molar-refractivity contribution is 9.10. The summed E-state index contributed by atoms with van der Waals surface area (Å²) in [5, 5.41) is 8.96. The maximum absolute atomic E-state index is 12.8. The number of nitrogens with zero attached hydrogens (tertiary/aromatic N) is 2. The van der Waals surface area contributed by atoms with E-state index in [9.17, 15) is 13.2 Å². The van der Waals surface area contributed by atoms with E-state index in [1.807, 2.05) is 7.05 Å². The third-order valence-corrected chi connectivity index (χ3v) is 6.84. The largest absolute Gasteiger partial charge is 0.478 e. The van der Waals surface area contributed by atoms with Crippen molar-refractivity contribution in [2.45, 2.75) is 23.8 Å². The first-order valence-electron chi connectivity index (χ1n) is 6.93. The first-order chi connectivity index (χ1) is 10.2. The Balaban J connectivity index is 2.31. The van der Waals surface area contributed by atoms with Crippen LogP contribution in [0.2, 0.25) is 0 Å². The van der Waals surface area contributed by atoms with Gasteiger partial charge in [-0.3, -0.25) is 0 Å². The Labute approximate surface area is 138 Å². The van der Waals surface area contributed by atoms with Gasteiger partial charge in [0.1, 0.15) is 0 Å². The number of halogens is 1. The summed E-state index contributed by atoms with van der Waals surface area (Å²) in [6.45, 7) is 1.67. The van der Waals surface area contributed by atoms with Crippen LogP contribution in [0.25, 0.3) is 0 Å². The molecule has 0 aromatic heterocycles. The van der Waals surface area contributed by atoms with Gasteiger partial charge in [-0.1, -0.05) is 0 Å². The zero-order valence-electron chi connectivity index (χ0n) is 12.5. The van der Waals surface area contributed by atoms with Crippen molar-refractivity contribution in [2.24, 2.45) is 0 Å². The first-order valence-corrected chi connectivity index (χ1v) is 9.16. The Kier molecular flexibility index (Phi) is 5.26. The molecule has 0 radical (unpaired) electrons. The SMILES string of the molecule is CN1CCC[C@@H](N(C)S(=O)(=O)c2ccc(C(=O)O)cc2Br)C1. The lowest BCUT2D eigenvalue weighted by atomic mass is 10.1. The topological polar surface area (TPSA) is 77.9 Å². The van der Waals surface area contributed by atoms with Gasteiger partial charge in [-0.05, 0) is 60.6 Å². The fourth-order valence-corrected chi connectivity index (χ4v) is 5.04. The van der Waals surface area contributed by atoms with E-state index in [1.165, 1.54) is 22.5 Å². The molecule has 1 heterocycles. The average molecular weight is 391 g/mol. The van der Waals surface area contributed by atoms with E-state index in [0.29, 0.717) is 6.54 Å². The Morgan fingerprint density at radius 3 is 2.68 bits per heavy atom. The van der Waals surface area contributed by atoms with Gasteiger partial charge >= 0.3 is 5.97 Å². The van der Waals surface area contributed by atoms with Crippen molar-refractivity contribution < 1.29 is 18.3 Å². The molecule has 1 aliphatic heterocycles. The van der Waals surface area contributed by atoms with E-state index in [0.717, 1.165) is 19.4 Å². The lowest BCUT2D eigenvalue weighted by Gasteiger charge is -2.35. The van der Waals surface area contributed by atoms with Gasteiger partial charge in [0.25, 0.3) is 0 Å². The molecular weight excluding hydrogens is 372 g/mol. The zero-order chi connectivity index (χ0) is 16.5. The molecule has 1 aromatic carbocycles. The van der Waals surface area contributed by atoms with E-state index in [2.05, 4.69) is 20.8 Å². The fourth-order valence-electron chi connectivity index (χ4n) is 2.63. The second kappa shape index (κ2) is 6.66. The molecule has 0 amide bonds. The number of hydrogen-bond donors (Lipinski definition) is 1. The number of carbonyl (C=O) groups is 1. The van der Waals surface area contributed by atoms with Crippen LogP contribution < -0.4 is 0 Å². The van der Waals surface area contributed by atoms with Gasteiger partial charge in [0.05, 0.1) is 10.5 Å². The molecule has 2 rings (SSSR count). The number of carboxylic acids is 1.